The van der Waals surface area contributed by atoms with Crippen LogP contribution in [-0.4, -0.2) is 33.5 Å². The van der Waals surface area contributed by atoms with E-state index >= 15 is 0 Å². The van der Waals surface area contributed by atoms with E-state index in [1.54, 1.807) is 0 Å². The first-order valence-electron chi connectivity index (χ1n) is 7.92. The maximum absolute atomic E-state index is 12.2. The van der Waals surface area contributed by atoms with E-state index in [4.69, 9.17) is 4.52 Å². The Hall–Kier alpha value is -2.81. The van der Waals surface area contributed by atoms with E-state index in [1.807, 2.05) is 24.3 Å². The predicted octanol–water partition coefficient (Wildman–Crippen LogP) is 1.60. The van der Waals surface area contributed by atoms with E-state index in [9.17, 15) is 9.59 Å². The van der Waals surface area contributed by atoms with Crippen LogP contribution in [0.5, 0.6) is 0 Å². The molecule has 2 N–H and O–H groups in total. The molecule has 2 amide bonds. The number of amides is 2. The lowest BCUT2D eigenvalue weighted by Crippen LogP contribution is -2.32. The lowest BCUT2D eigenvalue weighted by atomic mass is 9.97. The predicted molar refractivity (Wildman–Crippen MR) is 90.1 cm³/mol. The number of carbonyl (C=O) groups is 2. The van der Waals surface area contributed by atoms with Gasteiger partial charge in [0, 0.05) is 18.9 Å². The summed E-state index contributed by atoms with van der Waals surface area (Å²) in [7, 11) is 0. The monoisotopic (exact) mass is 357 g/mol. The Morgan fingerprint density at radius 3 is 3.08 bits per heavy atom. The molecule has 1 aromatic carbocycles. The normalized spacial score (nSPS) is 17.4. The molecule has 0 aliphatic carbocycles. The van der Waals surface area contributed by atoms with Crippen molar-refractivity contribution in [2.75, 3.05) is 6.54 Å². The number of piperidine rings is 1. The molecule has 1 aliphatic rings. The molecule has 1 unspecified atom stereocenters. The average Bonchev–Trinajstić information content (AvgIpc) is 3.26. The molecule has 0 saturated carbocycles. The number of para-hydroxylation sites is 1. The van der Waals surface area contributed by atoms with Gasteiger partial charge < -0.3 is 15.2 Å². The van der Waals surface area contributed by atoms with Crippen LogP contribution in [0.2, 0.25) is 0 Å². The van der Waals surface area contributed by atoms with Crippen molar-refractivity contribution in [2.45, 2.75) is 25.3 Å². The van der Waals surface area contributed by atoms with Crippen LogP contribution in [0.4, 0.5) is 0 Å². The molecular formula is C16H15N5O3S. The van der Waals surface area contributed by atoms with Crippen molar-refractivity contribution < 1.29 is 14.1 Å². The zero-order valence-electron chi connectivity index (χ0n) is 13.2. The van der Waals surface area contributed by atoms with E-state index in [0.29, 0.717) is 29.7 Å². The third-order valence-corrected chi connectivity index (χ3v) is 5.02. The molecule has 3 heterocycles. The number of rotatable bonds is 4. The van der Waals surface area contributed by atoms with E-state index in [1.165, 1.54) is 11.3 Å². The van der Waals surface area contributed by atoms with Gasteiger partial charge in [-0.05, 0) is 18.6 Å². The van der Waals surface area contributed by atoms with Gasteiger partial charge in [-0.25, -0.2) is 4.98 Å². The standard InChI is InChI=1S/C16H15N5O3S/c22-12-7-9(5-6-17-12)14-20-13(24-21-14)8-18-15(23)16-19-10-3-1-2-4-11(10)25-16/h1-4,9H,5-8H2,(H,17,22)(H,18,23). The molecule has 2 aromatic heterocycles. The average molecular weight is 357 g/mol. The van der Waals surface area contributed by atoms with Gasteiger partial charge in [-0.1, -0.05) is 17.3 Å². The van der Waals surface area contributed by atoms with Gasteiger partial charge in [-0.2, -0.15) is 4.98 Å². The number of benzene rings is 1. The van der Waals surface area contributed by atoms with E-state index in [0.717, 1.165) is 16.6 Å². The van der Waals surface area contributed by atoms with E-state index in [2.05, 4.69) is 25.8 Å². The minimum Gasteiger partial charge on any atom is -0.356 e. The topological polar surface area (TPSA) is 110 Å². The van der Waals surface area contributed by atoms with Crippen molar-refractivity contribution in [2.24, 2.45) is 0 Å². The summed E-state index contributed by atoms with van der Waals surface area (Å²) in [6.07, 6.45) is 1.14. The molecule has 1 saturated heterocycles. The highest BCUT2D eigenvalue weighted by Crippen LogP contribution is 2.23. The Labute approximate surface area is 146 Å². The maximum atomic E-state index is 12.2. The van der Waals surface area contributed by atoms with Gasteiger partial charge in [0.15, 0.2) is 10.8 Å². The van der Waals surface area contributed by atoms with Crippen molar-refractivity contribution in [3.05, 3.63) is 41.0 Å². The number of fused-ring (bicyclic) bond motifs is 1. The smallest absolute Gasteiger partial charge is 0.280 e. The second-order valence-electron chi connectivity index (χ2n) is 5.76. The number of carbonyl (C=O) groups excluding carboxylic acids is 2. The highest BCUT2D eigenvalue weighted by atomic mass is 32.1. The fourth-order valence-corrected chi connectivity index (χ4v) is 3.59. The number of hydrogen-bond acceptors (Lipinski definition) is 7. The second-order valence-corrected chi connectivity index (χ2v) is 6.79. The van der Waals surface area contributed by atoms with Crippen molar-refractivity contribution >= 4 is 33.4 Å². The van der Waals surface area contributed by atoms with Gasteiger partial charge in [0.2, 0.25) is 11.8 Å². The molecule has 25 heavy (non-hydrogen) atoms. The van der Waals surface area contributed by atoms with Crippen molar-refractivity contribution in [3.8, 4) is 0 Å². The van der Waals surface area contributed by atoms with Crippen molar-refractivity contribution in [1.82, 2.24) is 25.8 Å². The molecule has 1 aliphatic heterocycles. The summed E-state index contributed by atoms with van der Waals surface area (Å²) in [6.45, 7) is 0.738. The number of hydrogen-bond donors (Lipinski definition) is 2. The van der Waals surface area contributed by atoms with E-state index < -0.39 is 0 Å². The number of thiazole rings is 1. The zero-order valence-corrected chi connectivity index (χ0v) is 14.0. The maximum Gasteiger partial charge on any atom is 0.280 e. The highest BCUT2D eigenvalue weighted by molar-refractivity contribution is 7.20. The molecule has 1 atom stereocenters. The fourth-order valence-electron chi connectivity index (χ4n) is 2.71. The number of aromatic nitrogens is 3. The van der Waals surface area contributed by atoms with Crippen LogP contribution in [-0.2, 0) is 11.3 Å². The van der Waals surface area contributed by atoms with Crippen LogP contribution in [0.15, 0.2) is 28.8 Å². The quantitative estimate of drug-likeness (QED) is 0.734. The zero-order chi connectivity index (χ0) is 17.2. The number of nitrogens with one attached hydrogen (secondary N) is 2. The summed E-state index contributed by atoms with van der Waals surface area (Å²) in [5.74, 6) is 0.505. The van der Waals surface area contributed by atoms with Crippen LogP contribution >= 0.6 is 11.3 Å². The number of nitrogens with zero attached hydrogens (tertiary/aromatic N) is 3. The summed E-state index contributed by atoms with van der Waals surface area (Å²) < 4.78 is 6.14. The van der Waals surface area contributed by atoms with Crippen LogP contribution in [0.3, 0.4) is 0 Å². The Kier molecular flexibility index (Phi) is 4.14. The highest BCUT2D eigenvalue weighted by Gasteiger charge is 2.25. The lowest BCUT2D eigenvalue weighted by molar-refractivity contribution is -0.122. The Morgan fingerprint density at radius 1 is 1.36 bits per heavy atom. The minimum absolute atomic E-state index is 0.00765. The van der Waals surface area contributed by atoms with Gasteiger partial charge in [-0.15, -0.1) is 11.3 Å². The summed E-state index contributed by atoms with van der Waals surface area (Å²) in [5.41, 5.74) is 0.799. The molecule has 4 rings (SSSR count). The molecule has 0 bridgehead atoms. The molecule has 0 radical (unpaired) electrons. The van der Waals surface area contributed by atoms with Crippen molar-refractivity contribution in [3.63, 3.8) is 0 Å². The van der Waals surface area contributed by atoms with Crippen LogP contribution in [0.1, 0.15) is 40.3 Å². The molecule has 1 fully saturated rings. The van der Waals surface area contributed by atoms with Crippen LogP contribution in [0.25, 0.3) is 10.2 Å². The summed E-state index contributed by atoms with van der Waals surface area (Å²) in [6, 6.07) is 7.59. The first-order chi connectivity index (χ1) is 12.2. The lowest BCUT2D eigenvalue weighted by Gasteiger charge is -2.18. The Bertz CT molecular complexity index is 902. The van der Waals surface area contributed by atoms with Gasteiger partial charge >= 0.3 is 0 Å². The molecule has 8 nitrogen and oxygen atoms in total. The molecule has 128 valence electrons. The molecule has 9 heteroatoms. The SMILES string of the molecule is O=C1CC(c2noc(CNC(=O)c3nc4ccccc4s3)n2)CCN1. The van der Waals surface area contributed by atoms with Gasteiger partial charge in [0.05, 0.1) is 16.8 Å². The third kappa shape index (κ3) is 3.36. The van der Waals surface area contributed by atoms with Crippen molar-refractivity contribution in [1.29, 1.82) is 0 Å². The van der Waals surface area contributed by atoms with Crippen LogP contribution < -0.4 is 10.6 Å². The van der Waals surface area contributed by atoms with Gasteiger partial charge in [0.25, 0.3) is 5.91 Å². The summed E-state index contributed by atoms with van der Waals surface area (Å²) in [5, 5.41) is 9.83. The fraction of sp³-hybridized carbons (Fsp3) is 0.312. The Balaban J connectivity index is 1.39. The van der Waals surface area contributed by atoms with Gasteiger partial charge in [0.1, 0.15) is 0 Å². The summed E-state index contributed by atoms with van der Waals surface area (Å²) in [4.78, 5) is 32.3. The molecule has 0 spiro atoms. The van der Waals surface area contributed by atoms with Crippen LogP contribution in [0, 0.1) is 0 Å². The summed E-state index contributed by atoms with van der Waals surface area (Å²) >= 11 is 1.33. The van der Waals surface area contributed by atoms with Gasteiger partial charge in [-0.3, -0.25) is 9.59 Å². The largest absolute Gasteiger partial charge is 0.356 e. The van der Waals surface area contributed by atoms with E-state index in [-0.39, 0.29) is 24.3 Å². The minimum atomic E-state index is -0.280. The Morgan fingerprint density at radius 2 is 2.24 bits per heavy atom. The first kappa shape index (κ1) is 15.7. The molecule has 3 aromatic rings. The molecular weight excluding hydrogens is 342 g/mol. The first-order valence-corrected chi connectivity index (χ1v) is 8.73. The third-order valence-electron chi connectivity index (χ3n) is 3.98. The second kappa shape index (κ2) is 6.60.